The summed E-state index contributed by atoms with van der Waals surface area (Å²) in [6.07, 6.45) is 1.06. The Morgan fingerprint density at radius 3 is 1.81 bits per heavy atom. The number of likely N-dealkylation sites (N-methyl/N-ethyl adjacent to an activating group) is 2. The maximum atomic E-state index is 12.1. The van der Waals surface area contributed by atoms with Crippen LogP contribution in [0.3, 0.4) is 0 Å². The fourth-order valence-corrected chi connectivity index (χ4v) is 2.85. The van der Waals surface area contributed by atoms with Crippen LogP contribution in [0.25, 0.3) is 0 Å². The number of aliphatic hydroxyl groups is 1. The first-order valence-electron chi connectivity index (χ1n) is 10.1. The average Bonchev–Trinajstić information content (AvgIpc) is 2.43. The Bertz CT molecular complexity index is 462. The first kappa shape index (κ1) is 25.8. The van der Waals surface area contributed by atoms with Gasteiger partial charge in [-0.05, 0) is 32.6 Å². The molecule has 0 aliphatic rings. The van der Waals surface area contributed by atoms with Crippen molar-refractivity contribution < 1.29 is 23.7 Å². The van der Waals surface area contributed by atoms with Crippen LogP contribution >= 0.6 is 0 Å². The van der Waals surface area contributed by atoms with E-state index in [2.05, 4.69) is 38.3 Å². The largest absolute Gasteiger partial charge is 0.387 e. The van der Waals surface area contributed by atoms with E-state index in [1.54, 1.807) is 0 Å². The van der Waals surface area contributed by atoms with Crippen molar-refractivity contribution in [2.45, 2.75) is 52.7 Å². The monoisotopic (exact) mass is 388 g/mol. The molecule has 0 saturated carbocycles. The maximum absolute atomic E-state index is 12.1. The Morgan fingerprint density at radius 1 is 0.889 bits per heavy atom. The van der Waals surface area contributed by atoms with Crippen molar-refractivity contribution in [3.63, 3.8) is 0 Å². The van der Waals surface area contributed by atoms with Gasteiger partial charge in [-0.15, -0.1) is 0 Å². The van der Waals surface area contributed by atoms with Crippen LogP contribution in [-0.4, -0.2) is 98.9 Å². The van der Waals surface area contributed by atoms with Gasteiger partial charge < -0.3 is 24.7 Å². The minimum absolute atomic E-state index is 0.0271. The molecule has 0 fully saturated rings. The fraction of sp³-hybridized carbons (Fsp3) is 0.900. The third-order valence-corrected chi connectivity index (χ3v) is 4.97. The molecular formula is C20H44N4O3+2. The van der Waals surface area contributed by atoms with Gasteiger partial charge in [0.15, 0.2) is 13.1 Å². The first-order valence-corrected chi connectivity index (χ1v) is 10.1. The molecule has 0 rings (SSSR count). The average molecular weight is 389 g/mol. The maximum Gasteiger partial charge on any atom is 0.275 e. The summed E-state index contributed by atoms with van der Waals surface area (Å²) in [5.74, 6) is 0.451. The molecule has 0 radical (unpaired) electrons. The van der Waals surface area contributed by atoms with E-state index in [1.807, 2.05) is 28.2 Å². The third-order valence-electron chi connectivity index (χ3n) is 4.97. The number of aliphatic hydroxyl groups excluding tert-OH is 1. The molecule has 27 heavy (non-hydrogen) atoms. The van der Waals surface area contributed by atoms with Crippen molar-refractivity contribution in [2.24, 2.45) is 5.92 Å². The molecular weight excluding hydrogens is 344 g/mol. The number of nitrogens with one attached hydrogen (secondary N) is 2. The second-order valence-electron chi connectivity index (χ2n) is 9.64. The lowest BCUT2D eigenvalue weighted by molar-refractivity contribution is -0.903. The van der Waals surface area contributed by atoms with Gasteiger partial charge in [0.2, 0.25) is 0 Å². The van der Waals surface area contributed by atoms with Crippen molar-refractivity contribution in [1.82, 2.24) is 10.6 Å². The van der Waals surface area contributed by atoms with Gasteiger partial charge in [0.1, 0.15) is 12.6 Å². The molecule has 0 aromatic carbocycles. The standard InChI is InChI=1S/C20H42N4O3/c1-16(2)12-18(25)13-23(5,6)14-19(26)21-10-9-11-22-20(27)15-24(7,8)17(3)4/h16-18,25H,9-15H2,1-8H3/p+2. The highest BCUT2D eigenvalue weighted by molar-refractivity contribution is 5.77. The summed E-state index contributed by atoms with van der Waals surface area (Å²) >= 11 is 0. The first-order chi connectivity index (χ1) is 12.2. The van der Waals surface area contributed by atoms with Crippen LogP contribution in [0.1, 0.15) is 40.5 Å². The summed E-state index contributed by atoms with van der Waals surface area (Å²) in [5, 5.41) is 15.9. The van der Waals surface area contributed by atoms with E-state index in [9.17, 15) is 14.7 Å². The molecule has 2 amide bonds. The normalized spacial score (nSPS) is 13.7. The van der Waals surface area contributed by atoms with Gasteiger partial charge in [0, 0.05) is 13.1 Å². The van der Waals surface area contributed by atoms with Crippen molar-refractivity contribution in [3.05, 3.63) is 0 Å². The van der Waals surface area contributed by atoms with Gasteiger partial charge >= 0.3 is 0 Å². The molecule has 3 N–H and O–H groups in total. The Morgan fingerprint density at radius 2 is 1.37 bits per heavy atom. The van der Waals surface area contributed by atoms with Gasteiger partial charge in [0.25, 0.3) is 11.8 Å². The molecule has 0 heterocycles. The summed E-state index contributed by atoms with van der Waals surface area (Å²) in [7, 11) is 8.00. The van der Waals surface area contributed by atoms with Gasteiger partial charge in [-0.1, -0.05) is 13.8 Å². The van der Waals surface area contributed by atoms with Gasteiger partial charge in [-0.25, -0.2) is 0 Å². The lowest BCUT2D eigenvalue weighted by atomic mass is 10.1. The molecule has 1 atom stereocenters. The Kier molecular flexibility index (Phi) is 11.1. The Balaban J connectivity index is 4.02. The van der Waals surface area contributed by atoms with Crippen molar-refractivity contribution in [3.8, 4) is 0 Å². The highest BCUT2D eigenvalue weighted by Gasteiger charge is 2.25. The van der Waals surface area contributed by atoms with Crippen LogP contribution in [0, 0.1) is 5.92 Å². The van der Waals surface area contributed by atoms with Crippen LogP contribution in [0.2, 0.25) is 0 Å². The van der Waals surface area contributed by atoms with Gasteiger partial charge in [0.05, 0.1) is 34.2 Å². The lowest BCUT2D eigenvalue weighted by Gasteiger charge is -2.33. The molecule has 0 bridgehead atoms. The van der Waals surface area contributed by atoms with E-state index in [0.717, 1.165) is 6.42 Å². The molecule has 0 aliphatic heterocycles. The van der Waals surface area contributed by atoms with Crippen LogP contribution in [0.5, 0.6) is 0 Å². The topological polar surface area (TPSA) is 78.4 Å². The number of amides is 2. The molecule has 0 aromatic heterocycles. The van der Waals surface area contributed by atoms with Crippen LogP contribution in [0.15, 0.2) is 0 Å². The minimum atomic E-state index is -0.392. The number of rotatable bonds is 13. The van der Waals surface area contributed by atoms with E-state index in [0.29, 0.717) is 60.1 Å². The number of carbonyl (C=O) groups is 2. The van der Waals surface area contributed by atoms with Crippen molar-refractivity contribution in [1.29, 1.82) is 0 Å². The zero-order valence-corrected chi connectivity index (χ0v) is 18.8. The summed E-state index contributed by atoms with van der Waals surface area (Å²) < 4.78 is 1.11. The predicted octanol–water partition coefficient (Wildman–Crippen LogP) is 0.577. The van der Waals surface area contributed by atoms with Crippen LogP contribution in [0.4, 0.5) is 0 Å². The number of hydrogen-bond donors (Lipinski definition) is 3. The number of nitrogens with zero attached hydrogens (tertiary/aromatic N) is 2. The van der Waals surface area contributed by atoms with Gasteiger partial charge in [-0.3, -0.25) is 9.59 Å². The number of hydrogen-bond acceptors (Lipinski definition) is 3. The van der Waals surface area contributed by atoms with Crippen molar-refractivity contribution in [2.75, 3.05) is 60.9 Å². The highest BCUT2D eigenvalue weighted by Crippen LogP contribution is 2.09. The second-order valence-corrected chi connectivity index (χ2v) is 9.64. The molecule has 1 unspecified atom stereocenters. The smallest absolute Gasteiger partial charge is 0.275 e. The van der Waals surface area contributed by atoms with E-state index in [4.69, 9.17) is 0 Å². The van der Waals surface area contributed by atoms with E-state index in [-0.39, 0.29) is 11.8 Å². The zero-order chi connectivity index (χ0) is 21.3. The molecule has 0 aliphatic carbocycles. The van der Waals surface area contributed by atoms with E-state index >= 15 is 0 Å². The van der Waals surface area contributed by atoms with E-state index in [1.165, 1.54) is 0 Å². The SMILES string of the molecule is CC(C)CC(O)C[N+](C)(C)CC(=O)NCCCNC(=O)C[N+](C)(C)C(C)C. The minimum Gasteiger partial charge on any atom is -0.387 e. The summed E-state index contributed by atoms with van der Waals surface area (Å²) in [5.41, 5.74) is 0. The second kappa shape index (κ2) is 11.6. The molecule has 160 valence electrons. The van der Waals surface area contributed by atoms with E-state index < -0.39 is 6.10 Å². The van der Waals surface area contributed by atoms with Crippen LogP contribution in [-0.2, 0) is 9.59 Å². The predicted molar refractivity (Wildman–Crippen MR) is 110 cm³/mol. The summed E-state index contributed by atoms with van der Waals surface area (Å²) in [6.45, 7) is 10.8. The van der Waals surface area contributed by atoms with Crippen molar-refractivity contribution >= 4 is 11.8 Å². The Hall–Kier alpha value is -1.18. The zero-order valence-electron chi connectivity index (χ0n) is 18.8. The molecule has 0 spiro atoms. The number of carbonyl (C=O) groups excluding carboxylic acids is 2. The molecule has 0 aromatic rings. The molecule has 7 nitrogen and oxygen atoms in total. The highest BCUT2D eigenvalue weighted by atomic mass is 16.3. The number of quaternary nitrogens is 2. The summed E-state index contributed by atoms with van der Waals surface area (Å²) in [6, 6.07) is 0.385. The molecule has 7 heteroatoms. The molecule has 0 saturated heterocycles. The summed E-state index contributed by atoms with van der Waals surface area (Å²) in [4.78, 5) is 24.1. The van der Waals surface area contributed by atoms with Crippen LogP contribution < -0.4 is 10.6 Å². The fourth-order valence-electron chi connectivity index (χ4n) is 2.85. The quantitative estimate of drug-likeness (QED) is 0.319. The lowest BCUT2D eigenvalue weighted by Crippen LogP contribution is -2.52. The Labute approximate surface area is 166 Å². The van der Waals surface area contributed by atoms with Gasteiger partial charge in [-0.2, -0.15) is 0 Å². The third kappa shape index (κ3) is 12.8.